The molecule has 0 spiro atoms. The van der Waals surface area contributed by atoms with Gasteiger partial charge in [0.1, 0.15) is 4.90 Å². The van der Waals surface area contributed by atoms with Crippen molar-refractivity contribution in [2.45, 2.75) is 9.79 Å². The molecule has 0 fully saturated rings. The normalized spacial score (nSPS) is 12.4. The van der Waals surface area contributed by atoms with Gasteiger partial charge in [0.05, 0.1) is 16.8 Å². The van der Waals surface area contributed by atoms with Gasteiger partial charge >= 0.3 is 0 Å². The molecule has 0 atom stereocenters. The minimum absolute atomic E-state index is 0.203. The van der Waals surface area contributed by atoms with Crippen LogP contribution in [0, 0.1) is 0 Å². The number of hydrogen-bond acceptors (Lipinski definition) is 6. The Morgan fingerprint density at radius 1 is 0.913 bits per heavy atom. The van der Waals surface area contributed by atoms with Crippen LogP contribution in [-0.2, 0) is 20.2 Å². The quantitative estimate of drug-likeness (QED) is 0.421. The third-order valence-electron chi connectivity index (χ3n) is 2.73. The van der Waals surface area contributed by atoms with E-state index in [1.54, 1.807) is 30.3 Å². The highest BCUT2D eigenvalue weighted by Crippen LogP contribution is 2.19. The molecule has 0 unspecified atom stereocenters. The van der Waals surface area contributed by atoms with Gasteiger partial charge in [0.25, 0.3) is 20.2 Å². The summed E-state index contributed by atoms with van der Waals surface area (Å²) in [5.41, 5.74) is 3.02. The van der Waals surface area contributed by atoms with Crippen LogP contribution in [0.4, 0.5) is 5.69 Å². The van der Waals surface area contributed by atoms with Gasteiger partial charge in [0.2, 0.25) is 0 Å². The number of nitrogens with one attached hydrogen (secondary N) is 1. The van der Waals surface area contributed by atoms with Gasteiger partial charge in [-0.2, -0.15) is 21.9 Å². The first-order chi connectivity index (χ1) is 10.7. The zero-order valence-electron chi connectivity index (χ0n) is 11.5. The fourth-order valence-corrected chi connectivity index (χ4v) is 2.88. The Morgan fingerprint density at radius 3 is 2.13 bits per heavy atom. The fourth-order valence-electron chi connectivity index (χ4n) is 1.71. The predicted octanol–water partition coefficient (Wildman–Crippen LogP) is 1.63. The molecule has 8 nitrogen and oxygen atoms in total. The van der Waals surface area contributed by atoms with E-state index in [9.17, 15) is 16.8 Å². The number of rotatable bonds is 5. The van der Waals surface area contributed by atoms with E-state index >= 15 is 0 Å². The molecule has 2 aromatic carbocycles. The van der Waals surface area contributed by atoms with Gasteiger partial charge < -0.3 is 0 Å². The minimum Gasteiger partial charge on any atom is -0.282 e. The lowest BCUT2D eigenvalue weighted by Crippen LogP contribution is -2.06. The molecule has 3 N–H and O–H groups in total. The van der Waals surface area contributed by atoms with Crippen LogP contribution in [0.2, 0.25) is 0 Å². The summed E-state index contributed by atoms with van der Waals surface area (Å²) >= 11 is 0. The summed E-state index contributed by atoms with van der Waals surface area (Å²) in [4.78, 5) is -1.06. The van der Waals surface area contributed by atoms with Crippen LogP contribution in [0.15, 0.2) is 63.4 Å². The summed E-state index contributed by atoms with van der Waals surface area (Å²) < 4.78 is 63.0. The number of hydrogen-bond donors (Lipinski definition) is 3. The zero-order chi connectivity index (χ0) is 17.1. The molecule has 0 amide bonds. The molecule has 122 valence electrons. The van der Waals surface area contributed by atoms with E-state index in [0.717, 1.165) is 24.4 Å². The summed E-state index contributed by atoms with van der Waals surface area (Å²) in [7, 11) is -9.11. The van der Waals surface area contributed by atoms with Gasteiger partial charge in [-0.1, -0.05) is 18.2 Å². The van der Waals surface area contributed by atoms with Crippen molar-refractivity contribution in [2.75, 3.05) is 5.43 Å². The van der Waals surface area contributed by atoms with E-state index < -0.39 is 30.0 Å². The van der Waals surface area contributed by atoms with Crippen LogP contribution in [0.3, 0.4) is 0 Å². The fraction of sp³-hybridized carbons (Fsp3) is 0. The first-order valence-electron chi connectivity index (χ1n) is 6.11. The Labute approximate surface area is 133 Å². The average molecular weight is 356 g/mol. The maximum Gasteiger partial charge on any atom is 0.295 e. The average Bonchev–Trinajstić information content (AvgIpc) is 2.46. The molecule has 23 heavy (non-hydrogen) atoms. The van der Waals surface area contributed by atoms with Crippen molar-refractivity contribution in [1.29, 1.82) is 0 Å². The monoisotopic (exact) mass is 356 g/mol. The smallest absolute Gasteiger partial charge is 0.282 e. The Morgan fingerprint density at radius 2 is 1.57 bits per heavy atom. The molecule has 0 saturated carbocycles. The molecule has 2 rings (SSSR count). The highest BCUT2D eigenvalue weighted by Gasteiger charge is 2.18. The van der Waals surface area contributed by atoms with Crippen molar-refractivity contribution in [3.8, 4) is 0 Å². The molecule has 0 aromatic heterocycles. The van der Waals surface area contributed by atoms with Crippen molar-refractivity contribution in [3.63, 3.8) is 0 Å². The molecule has 0 radical (unpaired) electrons. The second kappa shape index (κ2) is 6.46. The van der Waals surface area contributed by atoms with Crippen LogP contribution >= 0.6 is 0 Å². The Balaban J connectivity index is 2.42. The van der Waals surface area contributed by atoms with Gasteiger partial charge in [0, 0.05) is 5.56 Å². The maximum absolute atomic E-state index is 11.3. The lowest BCUT2D eigenvalue weighted by atomic mass is 10.2. The summed E-state index contributed by atoms with van der Waals surface area (Å²) in [6.07, 6.45) is 1.02. The van der Waals surface area contributed by atoms with Crippen molar-refractivity contribution in [1.82, 2.24) is 0 Å². The summed E-state index contributed by atoms with van der Waals surface area (Å²) in [5, 5.41) is 3.78. The number of benzene rings is 2. The molecule has 0 saturated heterocycles. The minimum atomic E-state index is -4.59. The first kappa shape index (κ1) is 17.1. The van der Waals surface area contributed by atoms with Crippen LogP contribution < -0.4 is 5.43 Å². The van der Waals surface area contributed by atoms with E-state index in [1.165, 1.54) is 0 Å². The maximum atomic E-state index is 11.3. The summed E-state index contributed by atoms with van der Waals surface area (Å²) in [5.74, 6) is 0. The predicted molar refractivity (Wildman–Crippen MR) is 83.7 cm³/mol. The molecule has 0 aliphatic rings. The lowest BCUT2D eigenvalue weighted by molar-refractivity contribution is 0.478. The molecule has 0 aliphatic heterocycles. The van der Waals surface area contributed by atoms with Crippen LogP contribution in [0.1, 0.15) is 5.56 Å². The van der Waals surface area contributed by atoms with Crippen LogP contribution in [0.5, 0.6) is 0 Å². The number of hydrazone groups is 1. The van der Waals surface area contributed by atoms with Crippen LogP contribution in [-0.4, -0.2) is 32.2 Å². The van der Waals surface area contributed by atoms with Crippen LogP contribution in [0.25, 0.3) is 0 Å². The van der Waals surface area contributed by atoms with Gasteiger partial charge in [-0.05, 0) is 30.3 Å². The van der Waals surface area contributed by atoms with Crippen molar-refractivity contribution < 1.29 is 25.9 Å². The van der Waals surface area contributed by atoms with Crippen molar-refractivity contribution in [3.05, 3.63) is 54.1 Å². The molecule has 0 heterocycles. The Hall–Kier alpha value is -2.27. The standard InChI is InChI=1S/C13H12N2O6S2/c16-22(17,18)12-6-7-13(23(19,20)21)10(8-12)9-14-15-11-4-2-1-3-5-11/h1-9,15H,(H,16,17,18)(H,19,20,21). The third-order valence-corrected chi connectivity index (χ3v) is 4.51. The van der Waals surface area contributed by atoms with E-state index in [2.05, 4.69) is 10.5 Å². The van der Waals surface area contributed by atoms with E-state index in [1.807, 2.05) is 0 Å². The third kappa shape index (κ3) is 4.60. The SMILES string of the molecule is O=S(=O)(O)c1ccc(S(=O)(=O)O)c(C=NNc2ccccc2)c1. The highest BCUT2D eigenvalue weighted by molar-refractivity contribution is 7.86. The topological polar surface area (TPSA) is 133 Å². The largest absolute Gasteiger partial charge is 0.295 e. The zero-order valence-corrected chi connectivity index (χ0v) is 13.1. The van der Waals surface area contributed by atoms with Gasteiger partial charge in [0.15, 0.2) is 0 Å². The molecule has 10 heteroatoms. The van der Waals surface area contributed by atoms with E-state index in [0.29, 0.717) is 5.69 Å². The number of para-hydroxylation sites is 1. The summed E-state index contributed by atoms with van der Waals surface area (Å²) in [6, 6.07) is 11.3. The molecule has 2 aromatic rings. The molecule has 0 aliphatic carbocycles. The Kier molecular flexibility index (Phi) is 4.80. The number of nitrogens with zero attached hydrogens (tertiary/aromatic N) is 1. The molecule has 0 bridgehead atoms. The molecular weight excluding hydrogens is 344 g/mol. The van der Waals surface area contributed by atoms with Crippen molar-refractivity contribution >= 4 is 32.1 Å². The van der Waals surface area contributed by atoms with E-state index in [-0.39, 0.29) is 5.56 Å². The van der Waals surface area contributed by atoms with Gasteiger partial charge in [-0.15, -0.1) is 0 Å². The number of anilines is 1. The second-order valence-electron chi connectivity index (χ2n) is 4.39. The van der Waals surface area contributed by atoms with Crippen molar-refractivity contribution in [2.24, 2.45) is 5.10 Å². The highest BCUT2D eigenvalue weighted by atomic mass is 32.2. The first-order valence-corrected chi connectivity index (χ1v) is 8.99. The van der Waals surface area contributed by atoms with Gasteiger partial charge in [-0.25, -0.2) is 0 Å². The second-order valence-corrected chi connectivity index (χ2v) is 7.20. The molecular formula is C13H12N2O6S2. The lowest BCUT2D eigenvalue weighted by Gasteiger charge is -2.05. The van der Waals surface area contributed by atoms with E-state index in [4.69, 9.17) is 9.11 Å². The van der Waals surface area contributed by atoms with Gasteiger partial charge in [-0.3, -0.25) is 14.5 Å². The Bertz CT molecular complexity index is 938. The summed E-state index contributed by atoms with van der Waals surface area (Å²) in [6.45, 7) is 0.